The lowest BCUT2D eigenvalue weighted by atomic mass is 9.47. The van der Waals surface area contributed by atoms with Crippen molar-refractivity contribution in [1.82, 2.24) is 0 Å². The predicted octanol–water partition coefficient (Wildman–Crippen LogP) is 1.21. The van der Waals surface area contributed by atoms with Gasteiger partial charge >= 0.3 is 0 Å². The van der Waals surface area contributed by atoms with Crippen molar-refractivity contribution in [2.45, 2.75) is 30.5 Å². The number of ketones is 1. The fourth-order valence-electron chi connectivity index (χ4n) is 1.60. The highest BCUT2D eigenvalue weighted by atomic mass is 16.1. The second-order valence-electron chi connectivity index (χ2n) is 4.06. The van der Waals surface area contributed by atoms with Gasteiger partial charge in [-0.05, 0) is 11.6 Å². The molecule has 1 unspecified atom stereocenters. The molecule has 1 aliphatic rings. The Morgan fingerprint density at radius 1 is 1.12 bits per heavy atom. The molecule has 1 aliphatic carbocycles. The van der Waals surface area contributed by atoms with Crippen LogP contribution in [0.5, 0.6) is 0 Å². The van der Waals surface area contributed by atoms with E-state index in [0.717, 1.165) is 12.8 Å². The smallest absolute Gasteiger partial charge is 0.138 e. The molecule has 4 radical (unpaired) electrons. The van der Waals surface area contributed by atoms with E-state index in [0.29, 0.717) is 6.42 Å². The lowest BCUT2D eigenvalue weighted by Gasteiger charge is -2.32. The summed E-state index contributed by atoms with van der Waals surface area (Å²) in [6.07, 6.45) is 2.12. The normalized spacial score (nSPS) is 23.1. The largest absolute Gasteiger partial charge is 0.322 e. The number of nitrogens with two attached hydrogens (primary N) is 1. The Morgan fingerprint density at radius 3 is 1.88 bits per heavy atom. The Balaban J connectivity index is 0.000000181. The maximum Gasteiger partial charge on any atom is 0.138 e. The second-order valence-corrected chi connectivity index (χ2v) is 4.06. The van der Waals surface area contributed by atoms with Crippen LogP contribution < -0.4 is 5.73 Å². The molecule has 1 aromatic rings. The predicted molar refractivity (Wildman–Crippen MR) is 67.5 cm³/mol. The lowest BCUT2D eigenvalue weighted by Crippen LogP contribution is -2.43. The maximum absolute atomic E-state index is 11.1. The summed E-state index contributed by atoms with van der Waals surface area (Å²) in [5.74, 6) is -0.209. The third kappa shape index (κ3) is 3.86. The zero-order chi connectivity index (χ0) is 12.0. The fourth-order valence-corrected chi connectivity index (χ4v) is 1.60. The molecule has 1 aromatic carbocycles. The van der Waals surface area contributed by atoms with Crippen LogP contribution in [0.2, 0.25) is 5.21 Å². The number of rotatable bonds is 0. The Morgan fingerprint density at radius 2 is 1.56 bits per heavy atom. The fraction of sp³-hybridized carbons (Fsp3) is 0.417. The molecule has 0 spiro atoms. The molecule has 80 valence electrons. The average molecular weight is 211 g/mol. The minimum Gasteiger partial charge on any atom is -0.322 e. The van der Waals surface area contributed by atoms with E-state index < -0.39 is 11.3 Å². The number of Topliss-reactive ketones (excluding diaryl/α,β-unsaturated/α-hetero) is 1. The molecular weight excluding hydrogens is 196 g/mol. The highest BCUT2D eigenvalue weighted by molar-refractivity contribution is 6.51. The van der Waals surface area contributed by atoms with Crippen molar-refractivity contribution >= 4 is 21.5 Å². The molecule has 4 heteroatoms. The third-order valence-electron chi connectivity index (χ3n) is 2.57. The van der Waals surface area contributed by atoms with Crippen LogP contribution in [-0.4, -0.2) is 27.5 Å². The van der Waals surface area contributed by atoms with Gasteiger partial charge in [-0.1, -0.05) is 49.2 Å². The van der Waals surface area contributed by atoms with E-state index in [4.69, 9.17) is 21.4 Å². The van der Waals surface area contributed by atoms with E-state index in [1.165, 1.54) is 0 Å². The summed E-state index contributed by atoms with van der Waals surface area (Å²) in [5.41, 5.74) is 5.44. The van der Waals surface area contributed by atoms with Gasteiger partial charge in [-0.25, -0.2) is 0 Å². The quantitative estimate of drug-likeness (QED) is 0.655. The monoisotopic (exact) mass is 211 g/mol. The number of hydrogen-bond donors (Lipinski definition) is 1. The number of benzene rings is 1. The van der Waals surface area contributed by atoms with Gasteiger partial charge in [0.1, 0.15) is 5.78 Å². The zero-order valence-electron chi connectivity index (χ0n) is 9.30. The van der Waals surface area contributed by atoms with Crippen LogP contribution >= 0.6 is 0 Å². The van der Waals surface area contributed by atoms with E-state index in [9.17, 15) is 4.79 Å². The van der Waals surface area contributed by atoms with Crippen LogP contribution in [0, 0.1) is 0 Å². The molecule has 2 N–H and O–H groups in total. The summed E-state index contributed by atoms with van der Waals surface area (Å²) in [5, 5.41) is -1.16. The summed E-state index contributed by atoms with van der Waals surface area (Å²) in [7, 11) is 10.9. The number of carbonyl (C=O) groups is 1. The van der Waals surface area contributed by atoms with Gasteiger partial charge in [-0.15, -0.1) is 0 Å². The Kier molecular flexibility index (Phi) is 4.81. The molecule has 0 bridgehead atoms. The van der Waals surface area contributed by atoms with Gasteiger partial charge in [-0.2, -0.15) is 0 Å². The van der Waals surface area contributed by atoms with E-state index in [2.05, 4.69) is 0 Å². The first-order valence-electron chi connectivity index (χ1n) is 5.42. The SMILES string of the molecule is [B]C1([B])CCCC(N)C1=O.c1ccccc1. The first-order chi connectivity index (χ1) is 7.54. The van der Waals surface area contributed by atoms with Gasteiger partial charge in [0.2, 0.25) is 0 Å². The Labute approximate surface area is 99.4 Å². The molecule has 0 aromatic heterocycles. The van der Waals surface area contributed by atoms with Crippen LogP contribution in [0.15, 0.2) is 36.4 Å². The zero-order valence-corrected chi connectivity index (χ0v) is 9.30. The highest BCUT2D eigenvalue weighted by Gasteiger charge is 2.33. The summed E-state index contributed by atoms with van der Waals surface area (Å²) >= 11 is 0. The van der Waals surface area contributed by atoms with Gasteiger partial charge in [0, 0.05) is 0 Å². The first kappa shape index (κ1) is 13.0. The van der Waals surface area contributed by atoms with Gasteiger partial charge in [-0.3, -0.25) is 4.79 Å². The average Bonchev–Trinajstić information content (AvgIpc) is 2.29. The minimum absolute atomic E-state index is 0.209. The highest BCUT2D eigenvalue weighted by Crippen LogP contribution is 2.32. The molecule has 2 rings (SSSR count). The molecule has 0 amide bonds. The summed E-state index contributed by atoms with van der Waals surface area (Å²) < 4.78 is 0. The van der Waals surface area contributed by atoms with Crippen molar-refractivity contribution in [3.63, 3.8) is 0 Å². The van der Waals surface area contributed by atoms with Crippen molar-refractivity contribution in [2.24, 2.45) is 5.73 Å². The van der Waals surface area contributed by atoms with Crippen molar-refractivity contribution in [3.8, 4) is 0 Å². The summed E-state index contributed by atoms with van der Waals surface area (Å²) in [6.45, 7) is 0. The van der Waals surface area contributed by atoms with Crippen LogP contribution in [0.3, 0.4) is 0 Å². The van der Waals surface area contributed by atoms with E-state index in [1.807, 2.05) is 36.4 Å². The van der Waals surface area contributed by atoms with Gasteiger partial charge < -0.3 is 5.73 Å². The molecule has 0 saturated heterocycles. The topological polar surface area (TPSA) is 43.1 Å². The van der Waals surface area contributed by atoms with Crippen molar-refractivity contribution in [1.29, 1.82) is 0 Å². The van der Waals surface area contributed by atoms with Gasteiger partial charge in [0.15, 0.2) is 0 Å². The molecule has 1 atom stereocenters. The van der Waals surface area contributed by atoms with Gasteiger partial charge in [0.05, 0.1) is 21.7 Å². The van der Waals surface area contributed by atoms with E-state index in [1.54, 1.807) is 0 Å². The molecule has 2 nitrogen and oxygen atoms in total. The molecule has 1 saturated carbocycles. The Bertz CT molecular complexity index is 300. The number of carbonyl (C=O) groups excluding carboxylic acids is 1. The summed E-state index contributed by atoms with van der Waals surface area (Å²) in [6, 6.07) is 11.6. The van der Waals surface area contributed by atoms with Gasteiger partial charge in [0.25, 0.3) is 0 Å². The first-order valence-corrected chi connectivity index (χ1v) is 5.42. The van der Waals surface area contributed by atoms with Crippen molar-refractivity contribution in [2.75, 3.05) is 0 Å². The molecule has 0 heterocycles. The molecule has 16 heavy (non-hydrogen) atoms. The second kappa shape index (κ2) is 5.90. The minimum atomic E-state index is -1.16. The van der Waals surface area contributed by atoms with Crippen LogP contribution in [0.4, 0.5) is 0 Å². The van der Waals surface area contributed by atoms with E-state index in [-0.39, 0.29) is 5.78 Å². The van der Waals surface area contributed by atoms with Crippen LogP contribution in [0.1, 0.15) is 19.3 Å². The van der Waals surface area contributed by atoms with Crippen LogP contribution in [-0.2, 0) is 4.79 Å². The number of hydrogen-bond acceptors (Lipinski definition) is 2. The van der Waals surface area contributed by atoms with Crippen molar-refractivity contribution in [3.05, 3.63) is 36.4 Å². The molecule has 1 fully saturated rings. The molecule has 0 aliphatic heterocycles. The summed E-state index contributed by atoms with van der Waals surface area (Å²) in [4.78, 5) is 11.1. The molecular formula is C12H15B2NO. The van der Waals surface area contributed by atoms with Crippen LogP contribution in [0.25, 0.3) is 0 Å². The Hall–Kier alpha value is -1.02. The standard InChI is InChI=1S/C6H9B2NO.C6H6/c7-6(8)3-1-2-4(9)5(6)10;1-2-4-6-5-3-1/h4H,1-3,9H2;1-6H. The van der Waals surface area contributed by atoms with E-state index >= 15 is 0 Å². The maximum atomic E-state index is 11.1. The third-order valence-corrected chi connectivity index (χ3v) is 2.57. The van der Waals surface area contributed by atoms with Crippen molar-refractivity contribution < 1.29 is 4.79 Å². The lowest BCUT2D eigenvalue weighted by molar-refractivity contribution is -0.122.